The van der Waals surface area contributed by atoms with Crippen molar-refractivity contribution in [3.63, 3.8) is 0 Å². The van der Waals surface area contributed by atoms with Crippen LogP contribution in [0, 0.1) is 0 Å². The van der Waals surface area contributed by atoms with Crippen molar-refractivity contribution < 1.29 is 32.7 Å². The molecule has 3 aromatic rings. The first kappa shape index (κ1) is 30.7. The van der Waals surface area contributed by atoms with Crippen LogP contribution in [-0.4, -0.2) is 90.6 Å². The molecular formula is C25H33F3N10O4. The molecule has 228 valence electrons. The predicted molar refractivity (Wildman–Crippen MR) is 145 cm³/mol. The average molecular weight is 595 g/mol. The van der Waals surface area contributed by atoms with Crippen molar-refractivity contribution in [2.75, 3.05) is 30.8 Å². The van der Waals surface area contributed by atoms with Crippen molar-refractivity contribution in [3.8, 4) is 0 Å². The van der Waals surface area contributed by atoms with Gasteiger partial charge in [-0.1, -0.05) is 12.8 Å². The molecule has 1 aliphatic carbocycles. The Morgan fingerprint density at radius 2 is 1.79 bits per heavy atom. The summed E-state index contributed by atoms with van der Waals surface area (Å²) in [5.41, 5.74) is 12.8. The fourth-order valence-corrected chi connectivity index (χ4v) is 4.94. The molecule has 14 nitrogen and oxygen atoms in total. The van der Waals surface area contributed by atoms with E-state index in [4.69, 9.17) is 21.4 Å². The number of primary amides is 1. The van der Waals surface area contributed by atoms with Crippen LogP contribution in [0.2, 0.25) is 0 Å². The molecule has 0 aromatic carbocycles. The Morgan fingerprint density at radius 3 is 2.40 bits per heavy atom. The van der Waals surface area contributed by atoms with Crippen molar-refractivity contribution in [1.82, 2.24) is 29.3 Å². The molecule has 42 heavy (non-hydrogen) atoms. The second kappa shape index (κ2) is 12.7. The molecule has 1 saturated heterocycles. The molecule has 5 rings (SSSR count). The lowest BCUT2D eigenvalue weighted by Gasteiger charge is -2.29. The second-order valence-electron chi connectivity index (χ2n) is 10.4. The minimum Gasteiger partial charge on any atom is -0.475 e. The largest absolute Gasteiger partial charge is 0.490 e. The van der Waals surface area contributed by atoms with Crippen LogP contribution in [0.3, 0.4) is 0 Å². The Morgan fingerprint density at radius 1 is 1.12 bits per heavy atom. The maximum atomic E-state index is 13.2. The zero-order chi connectivity index (χ0) is 30.6. The van der Waals surface area contributed by atoms with Gasteiger partial charge < -0.3 is 32.1 Å². The van der Waals surface area contributed by atoms with E-state index in [1.54, 1.807) is 17.1 Å². The molecule has 2 fully saturated rings. The zero-order valence-electron chi connectivity index (χ0n) is 22.8. The van der Waals surface area contributed by atoms with Crippen molar-refractivity contribution in [2.45, 2.75) is 62.8 Å². The number of alkyl halides is 3. The molecule has 0 radical (unpaired) electrons. The van der Waals surface area contributed by atoms with Crippen molar-refractivity contribution in [3.05, 3.63) is 35.9 Å². The summed E-state index contributed by atoms with van der Waals surface area (Å²) in [6, 6.07) is 2.18. The first-order valence-corrected chi connectivity index (χ1v) is 13.4. The number of nitrogens with zero attached hydrogens (tertiary/aromatic N) is 6. The Labute approximate surface area is 238 Å². The molecule has 3 aromatic heterocycles. The summed E-state index contributed by atoms with van der Waals surface area (Å²) < 4.78 is 35.0. The van der Waals surface area contributed by atoms with Gasteiger partial charge in [0, 0.05) is 24.5 Å². The minimum atomic E-state index is -5.08. The number of anilines is 2. The number of hydrogen-bond acceptors (Lipinski definition) is 9. The summed E-state index contributed by atoms with van der Waals surface area (Å²) >= 11 is 0. The van der Waals surface area contributed by atoms with E-state index in [0.29, 0.717) is 11.5 Å². The van der Waals surface area contributed by atoms with Gasteiger partial charge in [-0.15, -0.1) is 0 Å². The molecule has 17 heteroatoms. The lowest BCUT2D eigenvalue weighted by Crippen LogP contribution is -2.42. The number of carbonyl (C=O) groups is 3. The van der Waals surface area contributed by atoms with Gasteiger partial charge >= 0.3 is 12.1 Å². The van der Waals surface area contributed by atoms with E-state index < -0.39 is 24.0 Å². The third kappa shape index (κ3) is 7.33. The number of nitrogens with two attached hydrogens (primary N) is 2. The Hall–Kier alpha value is -4.25. The van der Waals surface area contributed by atoms with Crippen LogP contribution < -0.4 is 22.1 Å². The molecule has 1 saturated carbocycles. The van der Waals surface area contributed by atoms with Crippen molar-refractivity contribution >= 4 is 34.9 Å². The quantitative estimate of drug-likeness (QED) is 0.281. The topological polar surface area (TPSA) is 199 Å². The van der Waals surface area contributed by atoms with E-state index in [0.717, 1.165) is 51.6 Å². The maximum absolute atomic E-state index is 13.2. The SMILES string of the molecule is CN1CCC(n2cc(NC(=O)c3cnn4ccc(N[C@@H]5CCCC[C@@H]5N)nc34)c(C(N)=O)n2)CC1.O=C(O)C(F)(F)F. The molecule has 0 spiro atoms. The van der Waals surface area contributed by atoms with Crippen LogP contribution in [0.4, 0.5) is 24.7 Å². The Balaban J connectivity index is 0.000000517. The molecule has 1 aliphatic heterocycles. The summed E-state index contributed by atoms with van der Waals surface area (Å²) in [4.78, 5) is 41.0. The highest BCUT2D eigenvalue weighted by molar-refractivity contribution is 6.10. The molecule has 0 unspecified atom stereocenters. The Bertz CT molecular complexity index is 1430. The summed E-state index contributed by atoms with van der Waals surface area (Å²) in [6.45, 7) is 1.88. The molecule has 2 atom stereocenters. The lowest BCUT2D eigenvalue weighted by molar-refractivity contribution is -0.192. The zero-order valence-corrected chi connectivity index (χ0v) is 22.8. The van der Waals surface area contributed by atoms with E-state index in [-0.39, 0.29) is 35.1 Å². The number of fused-ring (bicyclic) bond motifs is 1. The van der Waals surface area contributed by atoms with Gasteiger partial charge in [0.2, 0.25) is 0 Å². The molecule has 7 N–H and O–H groups in total. The smallest absolute Gasteiger partial charge is 0.475 e. The van der Waals surface area contributed by atoms with Crippen LogP contribution in [0.5, 0.6) is 0 Å². The fourth-order valence-electron chi connectivity index (χ4n) is 4.94. The van der Waals surface area contributed by atoms with Gasteiger partial charge in [-0.2, -0.15) is 23.4 Å². The van der Waals surface area contributed by atoms with E-state index >= 15 is 0 Å². The van der Waals surface area contributed by atoms with E-state index in [1.165, 1.54) is 10.7 Å². The number of piperidine rings is 1. The number of aliphatic carboxylic acids is 1. The monoisotopic (exact) mass is 594 g/mol. The third-order valence-electron chi connectivity index (χ3n) is 7.28. The Kier molecular flexibility index (Phi) is 9.30. The van der Waals surface area contributed by atoms with Crippen molar-refractivity contribution in [1.29, 1.82) is 0 Å². The summed E-state index contributed by atoms with van der Waals surface area (Å²) in [5, 5.41) is 22.0. The van der Waals surface area contributed by atoms with Gasteiger partial charge in [-0.3, -0.25) is 14.3 Å². The number of likely N-dealkylation sites (tertiary alicyclic amines) is 1. The summed E-state index contributed by atoms with van der Waals surface area (Å²) in [7, 11) is 2.08. The van der Waals surface area contributed by atoms with Crippen LogP contribution in [0.15, 0.2) is 24.7 Å². The minimum absolute atomic E-state index is 0.0374. The average Bonchev–Trinajstić information content (AvgIpc) is 3.55. The van der Waals surface area contributed by atoms with Crippen LogP contribution in [0.1, 0.15) is 65.4 Å². The number of carbonyl (C=O) groups excluding carboxylic acids is 2. The summed E-state index contributed by atoms with van der Waals surface area (Å²) in [6.07, 6.45) is 5.85. The molecular weight excluding hydrogens is 561 g/mol. The van der Waals surface area contributed by atoms with E-state index in [9.17, 15) is 22.8 Å². The second-order valence-corrected chi connectivity index (χ2v) is 10.4. The number of aromatic nitrogens is 5. The van der Waals surface area contributed by atoms with E-state index in [2.05, 4.69) is 37.8 Å². The third-order valence-corrected chi connectivity index (χ3v) is 7.28. The molecule has 0 bridgehead atoms. The maximum Gasteiger partial charge on any atom is 0.490 e. The number of nitrogens with one attached hydrogen (secondary N) is 2. The number of hydrogen-bond donors (Lipinski definition) is 5. The first-order valence-electron chi connectivity index (χ1n) is 13.4. The van der Waals surface area contributed by atoms with Gasteiger partial charge in [0.15, 0.2) is 11.3 Å². The first-order chi connectivity index (χ1) is 19.8. The highest BCUT2D eigenvalue weighted by Crippen LogP contribution is 2.26. The highest BCUT2D eigenvalue weighted by Gasteiger charge is 2.38. The molecule has 2 aliphatic rings. The van der Waals surface area contributed by atoms with Crippen LogP contribution in [-0.2, 0) is 4.79 Å². The molecule has 4 heterocycles. The number of halogens is 3. The highest BCUT2D eigenvalue weighted by atomic mass is 19.4. The molecule has 2 amide bonds. The summed E-state index contributed by atoms with van der Waals surface area (Å²) in [5.74, 6) is -3.25. The van der Waals surface area contributed by atoms with Gasteiger partial charge in [0.1, 0.15) is 11.4 Å². The number of carboxylic acids is 1. The number of rotatable bonds is 6. The number of amides is 2. The number of carboxylic acid groups (broad SMARTS) is 1. The fraction of sp³-hybridized carbons (Fsp3) is 0.520. The van der Waals surface area contributed by atoms with Gasteiger partial charge in [-0.05, 0) is 51.9 Å². The van der Waals surface area contributed by atoms with Crippen molar-refractivity contribution in [2.24, 2.45) is 11.5 Å². The predicted octanol–water partition coefficient (Wildman–Crippen LogP) is 1.86. The van der Waals surface area contributed by atoms with Gasteiger partial charge in [-0.25, -0.2) is 14.3 Å². The van der Waals surface area contributed by atoms with Gasteiger partial charge in [0.25, 0.3) is 11.8 Å². The standard InChI is InChI=1S/C23H32N10O2.C2HF3O2/c1-31-9-6-14(7-10-31)33-13-18(20(30-33)21(25)34)28-23(35)15-12-26-32-11-8-19(29-22(15)32)27-17-5-3-2-4-16(17)24;3-2(4,5)1(6)7/h8,11-14,16-17H,2-7,9-10,24H2,1H3,(H2,25,34)(H,27,29)(H,28,35);(H,6,7)/t16-,17+;/m0./s1. The van der Waals surface area contributed by atoms with Gasteiger partial charge in [0.05, 0.1) is 17.9 Å². The lowest BCUT2D eigenvalue weighted by atomic mass is 9.91. The van der Waals surface area contributed by atoms with Crippen LogP contribution >= 0.6 is 0 Å². The van der Waals surface area contributed by atoms with E-state index in [1.807, 2.05) is 6.07 Å². The van der Waals surface area contributed by atoms with Crippen LogP contribution in [0.25, 0.3) is 5.65 Å². The normalized spacial score (nSPS) is 20.0.